The first-order chi connectivity index (χ1) is 16.6. The first kappa shape index (κ1) is 26.8. The number of hydrogen-bond acceptors (Lipinski definition) is 5. The highest BCUT2D eigenvalue weighted by atomic mass is 79.9. The lowest BCUT2D eigenvalue weighted by molar-refractivity contribution is -0.113. The summed E-state index contributed by atoms with van der Waals surface area (Å²) >= 11 is 4.19. The van der Waals surface area contributed by atoms with E-state index < -0.39 is 23.6 Å². The Morgan fingerprint density at radius 2 is 1.83 bits per heavy atom. The number of amides is 2. The van der Waals surface area contributed by atoms with Gasteiger partial charge in [0, 0.05) is 22.6 Å². The summed E-state index contributed by atoms with van der Waals surface area (Å²) in [5, 5.41) is 14.5. The monoisotopic (exact) mass is 565 g/mol. The van der Waals surface area contributed by atoms with E-state index in [1.54, 1.807) is 12.1 Å². The van der Waals surface area contributed by atoms with Gasteiger partial charge < -0.3 is 15.2 Å². The Bertz CT molecular complexity index is 1190. The average molecular weight is 566 g/mol. The van der Waals surface area contributed by atoms with Crippen LogP contribution in [0.5, 0.6) is 0 Å². The van der Waals surface area contributed by atoms with Crippen LogP contribution in [0.25, 0.3) is 0 Å². The summed E-state index contributed by atoms with van der Waals surface area (Å²) in [6.45, 7) is 8.35. The third kappa shape index (κ3) is 6.66. The second-order valence-electron chi connectivity index (χ2n) is 8.23. The maximum absolute atomic E-state index is 14.0. The summed E-state index contributed by atoms with van der Waals surface area (Å²) in [5.74, 6) is -1.78. The number of halogens is 3. The molecule has 1 aromatic heterocycles. The molecule has 2 amide bonds. The van der Waals surface area contributed by atoms with Crippen LogP contribution in [0.3, 0.4) is 0 Å². The van der Waals surface area contributed by atoms with Crippen LogP contribution in [0.15, 0.2) is 46.0 Å². The van der Waals surface area contributed by atoms with Crippen LogP contribution in [-0.2, 0) is 11.3 Å². The molecular weight excluding hydrogens is 540 g/mol. The van der Waals surface area contributed by atoms with Gasteiger partial charge in [-0.25, -0.2) is 8.78 Å². The molecule has 2 N–H and O–H groups in total. The number of aryl methyl sites for hydroxylation is 1. The normalized spacial score (nSPS) is 12.0. The Kier molecular flexibility index (Phi) is 9.01. The van der Waals surface area contributed by atoms with Crippen LogP contribution in [0.4, 0.5) is 14.5 Å². The molecule has 0 saturated heterocycles. The van der Waals surface area contributed by atoms with Crippen molar-refractivity contribution < 1.29 is 18.4 Å². The van der Waals surface area contributed by atoms with Gasteiger partial charge in [-0.15, -0.1) is 10.2 Å². The molecule has 1 heterocycles. The third-order valence-electron chi connectivity index (χ3n) is 5.21. The molecule has 0 aliphatic rings. The van der Waals surface area contributed by atoms with E-state index in [1.165, 1.54) is 0 Å². The van der Waals surface area contributed by atoms with Gasteiger partial charge in [0.15, 0.2) is 16.8 Å². The summed E-state index contributed by atoms with van der Waals surface area (Å²) in [7, 11) is 0. The molecule has 0 fully saturated rings. The van der Waals surface area contributed by atoms with Gasteiger partial charge in [0.2, 0.25) is 5.91 Å². The lowest BCUT2D eigenvalue weighted by atomic mass is 10.0. The molecule has 0 spiro atoms. The van der Waals surface area contributed by atoms with E-state index >= 15 is 0 Å². The molecular formula is C24H26BrF2N5O2S. The fourth-order valence-electron chi connectivity index (χ4n) is 3.36. The van der Waals surface area contributed by atoms with Crippen molar-refractivity contribution in [2.24, 2.45) is 5.92 Å². The van der Waals surface area contributed by atoms with E-state index in [-0.39, 0.29) is 27.7 Å². The molecule has 35 heavy (non-hydrogen) atoms. The van der Waals surface area contributed by atoms with Crippen LogP contribution in [-0.4, -0.2) is 32.3 Å². The fraction of sp³-hybridized carbons (Fsp3) is 0.333. The summed E-state index contributed by atoms with van der Waals surface area (Å²) in [5.41, 5.74) is 1.48. The summed E-state index contributed by atoms with van der Waals surface area (Å²) < 4.78 is 29.2. The number of carbonyl (C=O) groups excluding carboxylic acids is 2. The zero-order chi connectivity index (χ0) is 25.7. The maximum Gasteiger partial charge on any atom is 0.251 e. The third-order valence-corrected chi connectivity index (χ3v) is 6.80. The van der Waals surface area contributed by atoms with Crippen molar-refractivity contribution in [1.82, 2.24) is 20.1 Å². The molecule has 0 unspecified atom stereocenters. The second-order valence-corrected chi connectivity index (χ2v) is 10.0. The number of anilines is 1. The van der Waals surface area contributed by atoms with Crippen molar-refractivity contribution in [3.05, 3.63) is 69.5 Å². The first-order valence-electron chi connectivity index (χ1n) is 11.0. The number of carbonyl (C=O) groups is 2. The molecule has 0 saturated carbocycles. The van der Waals surface area contributed by atoms with Crippen molar-refractivity contribution in [3.63, 3.8) is 0 Å². The number of benzene rings is 2. The number of thioether (sulfide) groups is 1. The van der Waals surface area contributed by atoms with Gasteiger partial charge in [-0.2, -0.15) is 0 Å². The van der Waals surface area contributed by atoms with E-state index in [9.17, 15) is 18.4 Å². The van der Waals surface area contributed by atoms with Crippen molar-refractivity contribution in [2.45, 2.75) is 45.4 Å². The van der Waals surface area contributed by atoms with Crippen LogP contribution >= 0.6 is 27.7 Å². The highest BCUT2D eigenvalue weighted by molar-refractivity contribution is 9.10. The van der Waals surface area contributed by atoms with Crippen molar-refractivity contribution >= 4 is 45.2 Å². The average Bonchev–Trinajstić information content (AvgIpc) is 3.21. The van der Waals surface area contributed by atoms with Crippen LogP contribution in [0.2, 0.25) is 0 Å². The Morgan fingerprint density at radius 3 is 2.43 bits per heavy atom. The van der Waals surface area contributed by atoms with Gasteiger partial charge in [-0.1, -0.05) is 43.3 Å². The van der Waals surface area contributed by atoms with Gasteiger partial charge in [-0.05, 0) is 53.9 Å². The summed E-state index contributed by atoms with van der Waals surface area (Å²) in [4.78, 5) is 25.3. The highest BCUT2D eigenvalue weighted by Gasteiger charge is 2.26. The maximum atomic E-state index is 14.0. The number of nitrogens with one attached hydrogen (secondary N) is 2. The molecule has 3 aromatic rings. The van der Waals surface area contributed by atoms with Gasteiger partial charge >= 0.3 is 0 Å². The standard InChI is InChI=1S/C24H26BrF2N5O2S/c1-5-32-22(20(13(2)3)29-23(34)15-8-6-14(4)7-9-15)30-31-24(32)35-12-19(33)28-21-17(25)10-16(26)11-18(21)27/h6-11,13,20H,5,12H2,1-4H3,(H,28,33)(H,29,34)/t20-/m1/s1. The Labute approximate surface area is 215 Å². The largest absolute Gasteiger partial charge is 0.342 e. The lowest BCUT2D eigenvalue weighted by Crippen LogP contribution is -2.33. The van der Waals surface area contributed by atoms with Gasteiger partial charge in [0.25, 0.3) is 5.91 Å². The van der Waals surface area contributed by atoms with Gasteiger partial charge in [-0.3, -0.25) is 9.59 Å². The zero-order valence-corrected chi connectivity index (χ0v) is 22.1. The molecule has 2 aromatic carbocycles. The van der Waals surface area contributed by atoms with Crippen LogP contribution in [0.1, 0.15) is 48.6 Å². The molecule has 7 nitrogen and oxygen atoms in total. The summed E-state index contributed by atoms with van der Waals surface area (Å²) in [6.07, 6.45) is 0. The molecule has 186 valence electrons. The van der Waals surface area contributed by atoms with Crippen LogP contribution in [0, 0.1) is 24.5 Å². The van der Waals surface area contributed by atoms with E-state index in [0.717, 1.165) is 23.4 Å². The molecule has 0 aliphatic carbocycles. The Hall–Kier alpha value is -2.79. The predicted molar refractivity (Wildman–Crippen MR) is 135 cm³/mol. The summed E-state index contributed by atoms with van der Waals surface area (Å²) in [6, 6.07) is 8.67. The van der Waals surface area contributed by atoms with E-state index in [0.29, 0.717) is 29.2 Å². The molecule has 3 rings (SSSR count). The SMILES string of the molecule is CCn1c(SCC(=O)Nc2c(F)cc(F)cc2Br)nnc1[C@H](NC(=O)c1ccc(C)cc1)C(C)C. The first-order valence-corrected chi connectivity index (χ1v) is 12.8. The Morgan fingerprint density at radius 1 is 1.14 bits per heavy atom. The van der Waals surface area contributed by atoms with E-state index in [4.69, 9.17) is 0 Å². The topological polar surface area (TPSA) is 88.9 Å². The highest BCUT2D eigenvalue weighted by Crippen LogP contribution is 2.28. The van der Waals surface area contributed by atoms with Crippen molar-refractivity contribution in [2.75, 3.05) is 11.1 Å². The number of rotatable bonds is 9. The van der Waals surface area contributed by atoms with Crippen LogP contribution < -0.4 is 10.6 Å². The Balaban J connectivity index is 1.72. The molecule has 11 heteroatoms. The quantitative estimate of drug-likeness (QED) is 0.334. The van der Waals surface area contributed by atoms with E-state index in [2.05, 4.69) is 36.8 Å². The minimum atomic E-state index is -0.877. The second kappa shape index (κ2) is 11.8. The molecule has 0 aliphatic heterocycles. The molecule has 0 bridgehead atoms. The van der Waals surface area contributed by atoms with Crippen molar-refractivity contribution in [3.8, 4) is 0 Å². The number of hydrogen-bond donors (Lipinski definition) is 2. The fourth-order valence-corrected chi connectivity index (χ4v) is 4.68. The molecule has 0 radical (unpaired) electrons. The zero-order valence-electron chi connectivity index (χ0n) is 19.7. The number of aromatic nitrogens is 3. The minimum absolute atomic E-state index is 0.0267. The predicted octanol–water partition coefficient (Wildman–Crippen LogP) is 5.51. The number of nitrogens with zero attached hydrogens (tertiary/aromatic N) is 3. The van der Waals surface area contributed by atoms with E-state index in [1.807, 2.05) is 44.4 Å². The smallest absolute Gasteiger partial charge is 0.251 e. The van der Waals surface area contributed by atoms with Gasteiger partial charge in [0.1, 0.15) is 5.82 Å². The lowest BCUT2D eigenvalue weighted by Gasteiger charge is -2.22. The minimum Gasteiger partial charge on any atom is -0.342 e. The van der Waals surface area contributed by atoms with Crippen molar-refractivity contribution in [1.29, 1.82) is 0 Å². The van der Waals surface area contributed by atoms with Gasteiger partial charge in [0.05, 0.1) is 17.5 Å². The molecule has 1 atom stereocenters.